The molecule has 1 atom stereocenters. The maximum atomic E-state index is 15.0. The van der Waals surface area contributed by atoms with Gasteiger partial charge in [0.05, 0.1) is 12.6 Å². The lowest BCUT2D eigenvalue weighted by molar-refractivity contribution is -0.109. The minimum Gasteiger partial charge on any atom is -0.497 e. The van der Waals surface area contributed by atoms with Crippen LogP contribution in [0.15, 0.2) is 36.5 Å². The van der Waals surface area contributed by atoms with Gasteiger partial charge in [-0.05, 0) is 36.6 Å². The number of hydrogen-bond acceptors (Lipinski definition) is 3. The molecule has 1 N–H and O–H groups in total. The molecule has 0 aliphatic carbocycles. The van der Waals surface area contributed by atoms with Crippen molar-refractivity contribution in [3.8, 4) is 5.75 Å². The highest BCUT2D eigenvalue weighted by Crippen LogP contribution is 2.33. The fraction of sp³-hybridized carbons (Fsp3) is 0.273. The second-order valence-corrected chi connectivity index (χ2v) is 6.96. The minimum absolute atomic E-state index is 0.119. The molecule has 3 rings (SSSR count). The Kier molecular flexibility index (Phi) is 5.49. The molecule has 3 aromatic rings. The Balaban J connectivity index is 2.25. The normalized spacial score (nSPS) is 12.0. The Morgan fingerprint density at radius 1 is 1.29 bits per heavy atom. The van der Waals surface area contributed by atoms with Crippen molar-refractivity contribution in [2.75, 3.05) is 13.7 Å². The van der Waals surface area contributed by atoms with Crippen LogP contribution in [0.1, 0.15) is 39.9 Å². The molecular weight excluding hydrogens is 359 g/mol. The number of rotatable bonds is 6. The highest BCUT2D eigenvalue weighted by atomic mass is 19.1. The topological polar surface area (TPSA) is 60.3 Å². The number of nitrogens with zero attached hydrogens (tertiary/aromatic N) is 1. The number of carbonyl (C=O) groups is 2. The van der Waals surface area contributed by atoms with Crippen LogP contribution >= 0.6 is 0 Å². The number of benzene rings is 2. The number of aryl methyl sites for hydroxylation is 2. The summed E-state index contributed by atoms with van der Waals surface area (Å²) in [5.41, 5.74) is 3.19. The maximum absolute atomic E-state index is 15.0. The molecule has 0 bridgehead atoms. The third-order valence-electron chi connectivity index (χ3n) is 5.04. The molecular formula is C22H23FN2O3. The second kappa shape index (κ2) is 7.84. The first kappa shape index (κ1) is 19.6. The third kappa shape index (κ3) is 3.38. The van der Waals surface area contributed by atoms with Crippen molar-refractivity contribution in [3.63, 3.8) is 0 Å². The van der Waals surface area contributed by atoms with E-state index in [-0.39, 0.29) is 17.3 Å². The summed E-state index contributed by atoms with van der Waals surface area (Å²) in [5.74, 6) is -0.563. The summed E-state index contributed by atoms with van der Waals surface area (Å²) >= 11 is 0. The molecule has 0 radical (unpaired) electrons. The number of methoxy groups -OCH3 is 1. The van der Waals surface area contributed by atoms with E-state index >= 15 is 0 Å². The molecule has 0 saturated carbocycles. The highest BCUT2D eigenvalue weighted by Gasteiger charge is 2.23. The fourth-order valence-corrected chi connectivity index (χ4v) is 3.59. The number of carbonyl (C=O) groups excluding carboxylic acids is 2. The molecule has 28 heavy (non-hydrogen) atoms. The van der Waals surface area contributed by atoms with E-state index in [0.717, 1.165) is 16.7 Å². The third-order valence-corrected chi connectivity index (χ3v) is 5.04. The largest absolute Gasteiger partial charge is 0.497 e. The smallest absolute Gasteiger partial charge is 0.263 e. The van der Waals surface area contributed by atoms with Crippen molar-refractivity contribution in [1.29, 1.82) is 0 Å². The van der Waals surface area contributed by atoms with Gasteiger partial charge in [-0.25, -0.2) is 4.39 Å². The molecule has 0 spiro atoms. The van der Waals surface area contributed by atoms with Crippen LogP contribution in [-0.4, -0.2) is 30.5 Å². The average molecular weight is 382 g/mol. The van der Waals surface area contributed by atoms with Gasteiger partial charge in [-0.3, -0.25) is 14.2 Å². The molecule has 1 aromatic heterocycles. The molecule has 146 valence electrons. The monoisotopic (exact) mass is 382 g/mol. The van der Waals surface area contributed by atoms with Crippen LogP contribution in [0, 0.1) is 19.7 Å². The molecule has 0 saturated heterocycles. The van der Waals surface area contributed by atoms with Crippen molar-refractivity contribution < 1.29 is 18.7 Å². The Labute approximate surface area is 163 Å². The number of nitrogens with one attached hydrogen (secondary N) is 1. The number of ether oxygens (including phenoxy) is 1. The van der Waals surface area contributed by atoms with Crippen LogP contribution in [0.5, 0.6) is 5.75 Å². The Hall–Kier alpha value is -3.15. The lowest BCUT2D eigenvalue weighted by Crippen LogP contribution is -2.18. The van der Waals surface area contributed by atoms with Gasteiger partial charge in [0.25, 0.3) is 5.91 Å². The van der Waals surface area contributed by atoms with Gasteiger partial charge in [-0.2, -0.15) is 0 Å². The molecule has 0 fully saturated rings. The van der Waals surface area contributed by atoms with Crippen LogP contribution in [0.3, 0.4) is 0 Å². The van der Waals surface area contributed by atoms with Crippen LogP contribution in [0.25, 0.3) is 10.9 Å². The Bertz CT molecular complexity index is 1040. The van der Waals surface area contributed by atoms with Gasteiger partial charge in [-0.1, -0.05) is 25.1 Å². The summed E-state index contributed by atoms with van der Waals surface area (Å²) in [4.78, 5) is 24.0. The van der Waals surface area contributed by atoms with Gasteiger partial charge in [0.15, 0.2) is 5.82 Å². The molecule has 5 nitrogen and oxygen atoms in total. The van der Waals surface area contributed by atoms with Gasteiger partial charge < -0.3 is 10.1 Å². The van der Waals surface area contributed by atoms with Crippen LogP contribution in [0.4, 0.5) is 4.39 Å². The van der Waals surface area contributed by atoms with E-state index in [0.29, 0.717) is 29.7 Å². The lowest BCUT2D eigenvalue weighted by atomic mass is 10.0. The highest BCUT2D eigenvalue weighted by molar-refractivity contribution is 6.05. The summed E-state index contributed by atoms with van der Waals surface area (Å²) in [6.07, 6.45) is 2.29. The molecule has 1 amide bonds. The number of halogens is 1. The van der Waals surface area contributed by atoms with Crippen molar-refractivity contribution in [2.24, 2.45) is 0 Å². The summed E-state index contributed by atoms with van der Waals surface area (Å²) < 4.78 is 21.5. The van der Waals surface area contributed by atoms with Gasteiger partial charge in [0.2, 0.25) is 6.41 Å². The van der Waals surface area contributed by atoms with E-state index in [1.54, 1.807) is 12.3 Å². The Morgan fingerprint density at radius 2 is 1.96 bits per heavy atom. The standard InChI is InChI=1S/C22H23FN2O3/c1-13-6-5-7-14(2)20(13)22(27)25-11-18(15(3)10-24-12-26)17-8-16(28-4)9-19(23)21(17)25/h5-9,11-12,15H,10H2,1-4H3,(H,24,26). The first-order valence-electron chi connectivity index (χ1n) is 9.05. The summed E-state index contributed by atoms with van der Waals surface area (Å²) in [5, 5.41) is 3.24. The molecule has 1 unspecified atom stereocenters. The number of amides is 1. The van der Waals surface area contributed by atoms with E-state index in [9.17, 15) is 14.0 Å². The number of hydrogen-bond donors (Lipinski definition) is 1. The van der Waals surface area contributed by atoms with E-state index in [4.69, 9.17) is 4.74 Å². The van der Waals surface area contributed by atoms with Crippen molar-refractivity contribution in [1.82, 2.24) is 9.88 Å². The Morgan fingerprint density at radius 3 is 2.57 bits per heavy atom. The average Bonchev–Trinajstić information content (AvgIpc) is 3.06. The molecule has 0 aliphatic heterocycles. The van der Waals surface area contributed by atoms with Crippen LogP contribution in [-0.2, 0) is 4.79 Å². The first-order chi connectivity index (χ1) is 13.4. The zero-order valence-electron chi connectivity index (χ0n) is 16.4. The van der Waals surface area contributed by atoms with E-state index in [1.165, 1.54) is 17.7 Å². The zero-order chi connectivity index (χ0) is 20.4. The van der Waals surface area contributed by atoms with Gasteiger partial charge in [-0.15, -0.1) is 0 Å². The lowest BCUT2D eigenvalue weighted by Gasteiger charge is -2.11. The van der Waals surface area contributed by atoms with Gasteiger partial charge in [0.1, 0.15) is 5.75 Å². The SMILES string of the molecule is COc1cc(F)c2c(c1)c(C(C)CNC=O)cn2C(=O)c1c(C)cccc1C. The molecule has 1 heterocycles. The predicted molar refractivity (Wildman–Crippen MR) is 107 cm³/mol. The maximum Gasteiger partial charge on any atom is 0.263 e. The molecule has 2 aromatic carbocycles. The summed E-state index contributed by atoms with van der Waals surface area (Å²) in [6.45, 7) is 6.02. The van der Waals surface area contributed by atoms with Crippen LogP contribution < -0.4 is 10.1 Å². The number of fused-ring (bicyclic) bond motifs is 1. The number of aromatic nitrogens is 1. The molecule has 6 heteroatoms. The minimum atomic E-state index is -0.532. The fourth-order valence-electron chi connectivity index (χ4n) is 3.59. The predicted octanol–water partition coefficient (Wildman–Crippen LogP) is 3.94. The summed E-state index contributed by atoms with van der Waals surface area (Å²) in [6, 6.07) is 8.61. The van der Waals surface area contributed by atoms with Crippen molar-refractivity contribution in [2.45, 2.75) is 26.7 Å². The van der Waals surface area contributed by atoms with Crippen molar-refractivity contribution in [3.05, 3.63) is 64.6 Å². The van der Waals surface area contributed by atoms with Gasteiger partial charge in [0, 0.05) is 35.7 Å². The zero-order valence-corrected chi connectivity index (χ0v) is 16.4. The van der Waals surface area contributed by atoms with Crippen molar-refractivity contribution >= 4 is 23.2 Å². The second-order valence-electron chi connectivity index (χ2n) is 6.96. The molecule has 0 aliphatic rings. The van der Waals surface area contributed by atoms with Crippen LogP contribution in [0.2, 0.25) is 0 Å². The first-order valence-corrected chi connectivity index (χ1v) is 9.05. The van der Waals surface area contributed by atoms with E-state index < -0.39 is 5.82 Å². The quantitative estimate of drug-likeness (QED) is 0.657. The van der Waals surface area contributed by atoms with E-state index in [1.807, 2.05) is 39.0 Å². The summed E-state index contributed by atoms with van der Waals surface area (Å²) in [7, 11) is 1.47. The van der Waals surface area contributed by atoms with Gasteiger partial charge >= 0.3 is 0 Å². The van der Waals surface area contributed by atoms with E-state index in [2.05, 4.69) is 5.32 Å².